The zero-order valence-electron chi connectivity index (χ0n) is 15.1. The van der Waals surface area contributed by atoms with E-state index in [1.165, 1.54) is 41.0 Å². The Bertz CT molecular complexity index is 1070. The van der Waals surface area contributed by atoms with E-state index in [4.69, 9.17) is 0 Å². The lowest BCUT2D eigenvalue weighted by atomic mass is 10.2. The minimum absolute atomic E-state index is 0.0466. The lowest BCUT2D eigenvalue weighted by molar-refractivity contribution is 0.103. The molecule has 3 rings (SSSR count). The van der Waals surface area contributed by atoms with Crippen molar-refractivity contribution in [1.29, 1.82) is 0 Å². The molecule has 3 aromatic rings. The number of para-hydroxylation sites is 1. The molecule has 0 radical (unpaired) electrons. The number of hydrogen-bond donors (Lipinski definition) is 1. The largest absolute Gasteiger partial charge is 0.319 e. The molecule has 1 N–H and O–H groups in total. The Kier molecular flexibility index (Phi) is 6.23. The van der Waals surface area contributed by atoms with E-state index in [9.17, 15) is 17.6 Å². The number of nitrogens with one attached hydrogen (secondary N) is 1. The number of likely N-dealkylation sites (N-methyl/N-ethyl adjacent to an activating group) is 1. The number of hydrogen-bond acceptors (Lipinski definition) is 4. The third-order valence-corrected chi connectivity index (χ3v) is 7.10. The molecule has 0 atom stereocenters. The topological polar surface area (TPSA) is 66.5 Å². The summed E-state index contributed by atoms with van der Waals surface area (Å²) >= 11 is 1.00. The molecule has 0 spiro atoms. The first kappa shape index (κ1) is 20.2. The van der Waals surface area contributed by atoms with Crippen molar-refractivity contribution in [2.45, 2.75) is 11.3 Å². The standard InChI is InChI=1S/C20H19FN2O3S2/c1-23(12-11-15-7-3-2-4-8-15)28(25,26)16-13-19(27-14-16)20(24)22-18-10-6-5-9-17(18)21/h2-10,13-14H,11-12H2,1H3,(H,22,24). The fourth-order valence-corrected chi connectivity index (χ4v) is 4.88. The number of sulfonamides is 1. The van der Waals surface area contributed by atoms with Gasteiger partial charge in [0.15, 0.2) is 0 Å². The van der Waals surface area contributed by atoms with Crippen LogP contribution in [0.15, 0.2) is 70.9 Å². The average Bonchev–Trinajstić information content (AvgIpc) is 3.20. The van der Waals surface area contributed by atoms with Gasteiger partial charge in [-0.1, -0.05) is 42.5 Å². The van der Waals surface area contributed by atoms with Crippen LogP contribution in [0.25, 0.3) is 0 Å². The summed E-state index contributed by atoms with van der Waals surface area (Å²) in [5, 5.41) is 3.88. The van der Waals surface area contributed by atoms with Gasteiger partial charge in [0.2, 0.25) is 10.0 Å². The van der Waals surface area contributed by atoms with Crippen LogP contribution in [0.1, 0.15) is 15.2 Å². The first-order chi connectivity index (χ1) is 13.4. The van der Waals surface area contributed by atoms with Crippen molar-refractivity contribution in [3.63, 3.8) is 0 Å². The summed E-state index contributed by atoms with van der Waals surface area (Å²) in [6.07, 6.45) is 0.585. The summed E-state index contributed by atoms with van der Waals surface area (Å²) in [5.74, 6) is -1.11. The highest BCUT2D eigenvalue weighted by molar-refractivity contribution is 7.89. The summed E-state index contributed by atoms with van der Waals surface area (Å²) in [6, 6.07) is 16.7. The number of rotatable bonds is 7. The van der Waals surface area contributed by atoms with E-state index in [2.05, 4.69) is 5.32 Å². The molecule has 0 aliphatic rings. The van der Waals surface area contributed by atoms with Crippen LogP contribution in [0.3, 0.4) is 0 Å². The predicted molar refractivity (Wildman–Crippen MR) is 109 cm³/mol. The molecule has 1 aromatic heterocycles. The Hall–Kier alpha value is -2.55. The van der Waals surface area contributed by atoms with Gasteiger partial charge in [-0.3, -0.25) is 4.79 Å². The average molecular weight is 419 g/mol. The zero-order chi connectivity index (χ0) is 20.1. The van der Waals surface area contributed by atoms with Gasteiger partial charge in [-0.2, -0.15) is 0 Å². The van der Waals surface area contributed by atoms with Gasteiger partial charge in [0.1, 0.15) is 5.82 Å². The molecule has 1 heterocycles. The smallest absolute Gasteiger partial charge is 0.265 e. The number of amides is 1. The van der Waals surface area contributed by atoms with Crippen LogP contribution in [0.4, 0.5) is 10.1 Å². The summed E-state index contributed by atoms with van der Waals surface area (Å²) in [6.45, 7) is 0.318. The Morgan fingerprint density at radius 3 is 2.50 bits per heavy atom. The number of halogens is 1. The molecule has 0 bridgehead atoms. The summed E-state index contributed by atoms with van der Waals surface area (Å²) in [7, 11) is -2.20. The SMILES string of the molecule is CN(CCc1ccccc1)S(=O)(=O)c1csc(C(=O)Nc2ccccc2F)c1. The van der Waals surface area contributed by atoms with Gasteiger partial charge in [-0.25, -0.2) is 17.1 Å². The van der Waals surface area contributed by atoms with Gasteiger partial charge in [0.25, 0.3) is 5.91 Å². The molecule has 8 heteroatoms. The maximum Gasteiger partial charge on any atom is 0.265 e. The molecule has 2 aromatic carbocycles. The van der Waals surface area contributed by atoms with Crippen molar-refractivity contribution in [2.75, 3.05) is 18.9 Å². The molecule has 28 heavy (non-hydrogen) atoms. The van der Waals surface area contributed by atoms with Gasteiger partial charge in [0, 0.05) is 19.0 Å². The summed E-state index contributed by atoms with van der Waals surface area (Å²) in [5.41, 5.74) is 1.09. The van der Waals surface area contributed by atoms with Crippen LogP contribution in [0, 0.1) is 5.82 Å². The molecule has 0 saturated carbocycles. The van der Waals surface area contributed by atoms with E-state index in [1.807, 2.05) is 30.3 Å². The second-order valence-corrected chi connectivity index (χ2v) is 9.10. The van der Waals surface area contributed by atoms with Gasteiger partial charge in [-0.15, -0.1) is 11.3 Å². The molecule has 0 aliphatic heterocycles. The maximum absolute atomic E-state index is 13.7. The van der Waals surface area contributed by atoms with E-state index in [1.54, 1.807) is 6.07 Å². The number of benzene rings is 2. The lowest BCUT2D eigenvalue weighted by Crippen LogP contribution is -2.28. The zero-order valence-corrected chi connectivity index (χ0v) is 16.8. The van der Waals surface area contributed by atoms with Crippen molar-refractivity contribution >= 4 is 33.0 Å². The second-order valence-electron chi connectivity index (χ2n) is 6.14. The van der Waals surface area contributed by atoms with Crippen molar-refractivity contribution in [3.8, 4) is 0 Å². The monoisotopic (exact) mass is 418 g/mol. The van der Waals surface area contributed by atoms with Crippen LogP contribution >= 0.6 is 11.3 Å². The highest BCUT2D eigenvalue weighted by Crippen LogP contribution is 2.24. The van der Waals surface area contributed by atoms with Gasteiger partial charge >= 0.3 is 0 Å². The Balaban J connectivity index is 1.69. The number of anilines is 1. The fraction of sp³-hybridized carbons (Fsp3) is 0.150. The number of thiophene rings is 1. The maximum atomic E-state index is 13.7. The number of nitrogens with zero attached hydrogens (tertiary/aromatic N) is 1. The van der Waals surface area contributed by atoms with Crippen molar-refractivity contribution in [2.24, 2.45) is 0 Å². The third-order valence-electron chi connectivity index (χ3n) is 4.19. The number of carbonyl (C=O) groups excluding carboxylic acids is 1. The molecule has 0 unspecified atom stereocenters. The Morgan fingerprint density at radius 1 is 1.11 bits per heavy atom. The molecule has 1 amide bonds. The second kappa shape index (κ2) is 8.64. The Labute approximate surface area is 167 Å². The first-order valence-corrected chi connectivity index (χ1v) is 10.8. The minimum Gasteiger partial charge on any atom is -0.319 e. The van der Waals surface area contributed by atoms with E-state index >= 15 is 0 Å². The predicted octanol–water partition coefficient (Wildman–Crippen LogP) is 4.00. The molecule has 0 aliphatic carbocycles. The van der Waals surface area contributed by atoms with Gasteiger partial charge in [-0.05, 0) is 30.2 Å². The molecular weight excluding hydrogens is 399 g/mol. The molecule has 0 saturated heterocycles. The Morgan fingerprint density at radius 2 is 1.79 bits per heavy atom. The van der Waals surface area contributed by atoms with Crippen LogP contribution in [0.5, 0.6) is 0 Å². The number of carbonyl (C=O) groups is 1. The van der Waals surface area contributed by atoms with Crippen LogP contribution in [0.2, 0.25) is 0 Å². The van der Waals surface area contributed by atoms with Gasteiger partial charge in [0.05, 0.1) is 15.5 Å². The van der Waals surface area contributed by atoms with E-state index in [-0.39, 0.29) is 15.5 Å². The minimum atomic E-state index is -3.71. The highest BCUT2D eigenvalue weighted by atomic mass is 32.2. The molecule has 5 nitrogen and oxygen atoms in total. The molecular formula is C20H19FN2O3S2. The summed E-state index contributed by atoms with van der Waals surface area (Å²) in [4.78, 5) is 12.6. The van der Waals surface area contributed by atoms with Crippen molar-refractivity contribution in [3.05, 3.63) is 82.3 Å². The van der Waals surface area contributed by atoms with E-state index < -0.39 is 21.7 Å². The quantitative estimate of drug-likeness (QED) is 0.631. The first-order valence-electron chi connectivity index (χ1n) is 8.52. The van der Waals surface area contributed by atoms with Crippen LogP contribution in [-0.2, 0) is 16.4 Å². The van der Waals surface area contributed by atoms with E-state index in [0.717, 1.165) is 16.9 Å². The molecule has 0 fully saturated rings. The lowest BCUT2D eigenvalue weighted by Gasteiger charge is -2.16. The van der Waals surface area contributed by atoms with Crippen molar-refractivity contribution < 1.29 is 17.6 Å². The van der Waals surface area contributed by atoms with Crippen molar-refractivity contribution in [1.82, 2.24) is 4.31 Å². The van der Waals surface area contributed by atoms with E-state index in [0.29, 0.717) is 13.0 Å². The van der Waals surface area contributed by atoms with Crippen LogP contribution < -0.4 is 5.32 Å². The normalized spacial score (nSPS) is 11.5. The summed E-state index contributed by atoms with van der Waals surface area (Å²) < 4.78 is 40.4. The highest BCUT2D eigenvalue weighted by Gasteiger charge is 2.23. The fourth-order valence-electron chi connectivity index (χ4n) is 2.55. The third kappa shape index (κ3) is 4.64. The van der Waals surface area contributed by atoms with Crippen LogP contribution in [-0.4, -0.2) is 32.2 Å². The molecule has 146 valence electrons. The van der Waals surface area contributed by atoms with Gasteiger partial charge < -0.3 is 5.32 Å².